The molecule has 0 spiro atoms. The van der Waals surface area contributed by atoms with Gasteiger partial charge in [-0.1, -0.05) is 96.8 Å². The van der Waals surface area contributed by atoms with Crippen molar-refractivity contribution in [3.63, 3.8) is 0 Å². The molecule has 0 bridgehead atoms. The molecule has 0 heterocycles. The quantitative estimate of drug-likeness (QED) is 0.0531. The third kappa shape index (κ3) is 11.0. The SMILES string of the molecule is CCCCCCCCCCCCCCCCCC(=O)O.CN(C)c1ccc(O)c2c1C[C@H]1C[C@H]3[C@H](N(C)C)C(=O)C(C(N)=O)=C(O)[C@@]3(O)C(=O)C1=C2O.[H-].[H-].[Mg+2]. The van der Waals surface area contributed by atoms with Crippen LogP contribution in [0.3, 0.4) is 0 Å². The minimum absolute atomic E-state index is 0. The predicted octanol–water partition coefficient (Wildman–Crippen LogP) is 6.21. The van der Waals surface area contributed by atoms with E-state index in [1.54, 1.807) is 20.2 Å². The van der Waals surface area contributed by atoms with Crippen molar-refractivity contribution in [3.05, 3.63) is 40.2 Å². The van der Waals surface area contributed by atoms with Crippen molar-refractivity contribution in [3.8, 4) is 5.75 Å². The van der Waals surface area contributed by atoms with Crippen LogP contribution in [0.2, 0.25) is 0 Å². The Morgan fingerprint density at radius 3 is 1.80 bits per heavy atom. The van der Waals surface area contributed by atoms with Crippen molar-refractivity contribution in [2.45, 2.75) is 134 Å². The van der Waals surface area contributed by atoms with Crippen LogP contribution in [0, 0.1) is 11.8 Å². The second kappa shape index (κ2) is 21.8. The number of phenols is 1. The fourth-order valence-corrected chi connectivity index (χ4v) is 8.29. The molecule has 3 aliphatic carbocycles. The number of unbranched alkanes of at least 4 members (excludes halogenated alkanes) is 14. The zero-order chi connectivity index (χ0) is 39.5. The number of hydrogen-bond donors (Lipinski definition) is 6. The van der Waals surface area contributed by atoms with Crippen LogP contribution in [0.15, 0.2) is 29.0 Å². The van der Waals surface area contributed by atoms with E-state index in [-0.39, 0.29) is 55.6 Å². The van der Waals surface area contributed by atoms with Crippen LogP contribution < -0.4 is 10.6 Å². The number of ketones is 2. The van der Waals surface area contributed by atoms with Gasteiger partial charge in [-0.2, -0.15) is 0 Å². The van der Waals surface area contributed by atoms with E-state index in [1.807, 2.05) is 19.0 Å². The summed E-state index contributed by atoms with van der Waals surface area (Å²) in [6.45, 7) is 2.27. The Labute approximate surface area is 340 Å². The van der Waals surface area contributed by atoms with E-state index in [0.29, 0.717) is 12.0 Å². The van der Waals surface area contributed by atoms with Crippen molar-refractivity contribution in [2.75, 3.05) is 33.1 Å². The smallest absolute Gasteiger partial charge is 1.00 e. The third-order valence-electron chi connectivity index (χ3n) is 11.1. The van der Waals surface area contributed by atoms with E-state index >= 15 is 0 Å². The molecule has 0 unspecified atom stereocenters. The molecule has 0 saturated heterocycles. The van der Waals surface area contributed by atoms with Crippen molar-refractivity contribution in [2.24, 2.45) is 17.6 Å². The molecule has 0 radical (unpaired) electrons. The summed E-state index contributed by atoms with van der Waals surface area (Å²) < 4.78 is 0. The molecule has 13 heteroatoms. The van der Waals surface area contributed by atoms with Crippen LogP contribution in [0.25, 0.3) is 5.76 Å². The first-order valence-corrected chi connectivity index (χ1v) is 19.5. The molecule has 300 valence electrons. The number of primary amides is 1. The standard InChI is InChI=1S/C23H27N3O7.C18H36O2.Mg.2H/c1-25(2)12-5-6-13(27)15-10(12)7-9-8-11-17(26(3)4)19(29)16(22(24)32)21(31)23(11,33)20(30)14(9)18(15)28;1-2-3-4-5-6-7-8-9-10-11-12-13-14-15-16-17-18(19)20;;;/h5-6,9,11,17,27-28,31,33H,7-8H2,1-4H3,(H2,24,32);2-17H2,1H3,(H,19,20);;;/q;;+2;2*-1/t9-,11-,17-,23-;;;;/m0..../s1. The summed E-state index contributed by atoms with van der Waals surface area (Å²) in [5, 5.41) is 52.4. The number of likely N-dealkylation sites (N-methyl/N-ethyl adjacent to an activating group) is 1. The van der Waals surface area contributed by atoms with E-state index in [2.05, 4.69) is 6.92 Å². The van der Waals surface area contributed by atoms with Gasteiger partial charge in [0, 0.05) is 37.7 Å². The fraction of sp³-hybridized carbons (Fsp3) is 0.659. The van der Waals surface area contributed by atoms with Gasteiger partial charge in [-0.25, -0.2) is 0 Å². The Kier molecular flexibility index (Phi) is 19.0. The number of nitrogens with zero attached hydrogens (tertiary/aromatic N) is 2. The normalized spacial score (nSPS) is 21.8. The third-order valence-corrected chi connectivity index (χ3v) is 11.1. The number of aromatic hydroxyl groups is 1. The first-order chi connectivity index (χ1) is 25.1. The maximum absolute atomic E-state index is 13.7. The number of rotatable bonds is 19. The molecule has 4 atom stereocenters. The van der Waals surface area contributed by atoms with Crippen LogP contribution in [0.1, 0.15) is 130 Å². The summed E-state index contributed by atoms with van der Waals surface area (Å²) in [5.41, 5.74) is 3.15. The monoisotopic (exact) mass is 767 g/mol. The summed E-state index contributed by atoms with van der Waals surface area (Å²) in [4.78, 5) is 52.3. The number of carboxylic acids is 1. The van der Waals surface area contributed by atoms with Crippen LogP contribution in [-0.2, 0) is 25.6 Å². The van der Waals surface area contributed by atoms with Gasteiger partial charge in [0.15, 0.2) is 11.4 Å². The van der Waals surface area contributed by atoms with Crippen LogP contribution in [-0.4, -0.2) is 117 Å². The van der Waals surface area contributed by atoms with Gasteiger partial charge in [-0.05, 0) is 57.0 Å². The predicted molar refractivity (Wildman–Crippen MR) is 214 cm³/mol. The van der Waals surface area contributed by atoms with Gasteiger partial charge in [0.1, 0.15) is 22.8 Å². The first kappa shape index (κ1) is 47.0. The summed E-state index contributed by atoms with van der Waals surface area (Å²) in [6, 6.07) is 2.01. The molecule has 1 saturated carbocycles. The van der Waals surface area contributed by atoms with E-state index in [4.69, 9.17) is 10.8 Å². The van der Waals surface area contributed by atoms with Crippen LogP contribution in [0.4, 0.5) is 5.69 Å². The van der Waals surface area contributed by atoms with E-state index in [9.17, 15) is 39.6 Å². The molecule has 1 aromatic rings. The number of aliphatic carboxylic acids is 1. The van der Waals surface area contributed by atoms with Gasteiger partial charge in [0.05, 0.1) is 11.6 Å². The van der Waals surface area contributed by atoms with Crippen molar-refractivity contribution < 1.29 is 47.6 Å². The second-order valence-electron chi connectivity index (χ2n) is 15.4. The number of amides is 1. The number of carbonyl (C=O) groups is 4. The Hall–Kier alpha value is -3.13. The van der Waals surface area contributed by atoms with Gasteiger partial charge < -0.3 is 39.0 Å². The molecule has 0 aromatic heterocycles. The van der Waals surface area contributed by atoms with Crippen LogP contribution in [0.5, 0.6) is 5.75 Å². The summed E-state index contributed by atoms with van der Waals surface area (Å²) >= 11 is 0. The van der Waals surface area contributed by atoms with E-state index in [1.165, 1.54) is 94.4 Å². The molecular weight excluding hydrogens is 703 g/mol. The van der Waals surface area contributed by atoms with Gasteiger partial charge >= 0.3 is 29.0 Å². The Bertz CT molecular complexity index is 1550. The minimum Gasteiger partial charge on any atom is -1.00 e. The molecular formula is C41H65MgN3O9. The molecule has 4 rings (SSSR count). The Morgan fingerprint density at radius 1 is 0.852 bits per heavy atom. The molecule has 1 aromatic carbocycles. The summed E-state index contributed by atoms with van der Waals surface area (Å²) in [5.74, 6) is -7.19. The van der Waals surface area contributed by atoms with Gasteiger partial charge in [-0.15, -0.1) is 0 Å². The topological polar surface area (TPSA) is 202 Å². The summed E-state index contributed by atoms with van der Waals surface area (Å²) in [6.07, 6.45) is 20.5. The zero-order valence-corrected chi connectivity index (χ0v) is 34.6. The second-order valence-corrected chi connectivity index (χ2v) is 15.4. The number of phenolic OH excluding ortho intramolecular Hbond substituents is 1. The number of Topliss-reactive ketones (excluding diaryl/α,β-unsaturated/α-hetero) is 2. The van der Waals surface area contributed by atoms with E-state index < -0.39 is 64.0 Å². The number of anilines is 1. The van der Waals surface area contributed by atoms with Gasteiger partial charge in [0.2, 0.25) is 5.78 Å². The number of benzene rings is 1. The number of hydrogen-bond acceptors (Lipinski definition) is 10. The van der Waals surface area contributed by atoms with Crippen molar-refractivity contribution in [1.29, 1.82) is 0 Å². The van der Waals surface area contributed by atoms with Gasteiger partial charge in [0.25, 0.3) is 5.91 Å². The van der Waals surface area contributed by atoms with Gasteiger partial charge in [-0.3, -0.25) is 24.1 Å². The maximum atomic E-state index is 13.7. The Balaban J connectivity index is 0.00000115. The zero-order valence-electron chi connectivity index (χ0n) is 35.2. The molecule has 54 heavy (non-hydrogen) atoms. The fourth-order valence-electron chi connectivity index (χ4n) is 8.29. The number of carboxylic acid groups (broad SMARTS) is 1. The van der Waals surface area contributed by atoms with Crippen molar-refractivity contribution >= 4 is 57.9 Å². The summed E-state index contributed by atoms with van der Waals surface area (Å²) in [7, 11) is 6.75. The average Bonchev–Trinajstić information content (AvgIpc) is 3.08. The number of aliphatic hydroxyl groups excluding tert-OH is 2. The maximum Gasteiger partial charge on any atom is 2.00 e. The molecule has 0 aliphatic heterocycles. The number of aliphatic hydroxyl groups is 3. The molecule has 1 amide bonds. The Morgan fingerprint density at radius 2 is 1.35 bits per heavy atom. The minimum atomic E-state index is -2.63. The van der Waals surface area contributed by atoms with E-state index in [0.717, 1.165) is 18.5 Å². The first-order valence-electron chi connectivity index (χ1n) is 19.5. The molecule has 3 aliphatic rings. The van der Waals surface area contributed by atoms with Crippen LogP contribution >= 0.6 is 0 Å². The molecule has 1 fully saturated rings. The number of nitrogens with two attached hydrogens (primary N) is 1. The number of fused-ring (bicyclic) bond motifs is 3. The molecule has 7 N–H and O–H groups in total. The average molecular weight is 768 g/mol. The molecule has 12 nitrogen and oxygen atoms in total. The number of carbonyl (C=O) groups excluding carboxylic acids is 3. The van der Waals surface area contributed by atoms with Crippen molar-refractivity contribution in [1.82, 2.24) is 4.90 Å². The largest absolute Gasteiger partial charge is 2.00 e.